The first kappa shape index (κ1) is 17.9. The van der Waals surface area contributed by atoms with Crippen molar-refractivity contribution in [2.45, 2.75) is 0 Å². The molecule has 1 heterocycles. The largest absolute Gasteiger partial charge is 0.497 e. The van der Waals surface area contributed by atoms with Gasteiger partial charge in [0.2, 0.25) is 0 Å². The lowest BCUT2D eigenvalue weighted by Gasteiger charge is -2.07. The van der Waals surface area contributed by atoms with Crippen LogP contribution in [0, 0.1) is 0 Å². The Balaban J connectivity index is 1.83. The molecule has 134 valence electrons. The first-order valence-corrected chi connectivity index (χ1v) is 8.60. The zero-order valence-corrected chi connectivity index (χ0v) is 15.4. The number of carbonyl (C=O) groups excluding carboxylic acids is 1. The van der Waals surface area contributed by atoms with Gasteiger partial charge in [-0.3, -0.25) is 4.79 Å². The maximum absolute atomic E-state index is 12.2. The second kappa shape index (κ2) is 7.97. The standard InChI is InChI=1S/C19H18N2O4S/c1-23-14-6-4-5-13(11-14)20-19-21-18(22)17(26-19)10-12-7-8-15(24-2)16(9-12)25-3/h4-11H,1-3H3,(H,20,21,22). The summed E-state index contributed by atoms with van der Waals surface area (Å²) >= 11 is 1.28. The molecular weight excluding hydrogens is 352 g/mol. The molecule has 1 saturated heterocycles. The molecule has 0 bridgehead atoms. The number of carbonyl (C=O) groups is 1. The normalized spacial score (nSPS) is 16.7. The number of amides is 1. The zero-order chi connectivity index (χ0) is 18.5. The molecule has 1 amide bonds. The Labute approximate surface area is 155 Å². The number of methoxy groups -OCH3 is 3. The number of nitrogens with zero attached hydrogens (tertiary/aromatic N) is 1. The fourth-order valence-electron chi connectivity index (χ4n) is 2.37. The Kier molecular flexibility index (Phi) is 5.48. The number of amidine groups is 1. The van der Waals surface area contributed by atoms with Crippen LogP contribution >= 0.6 is 11.8 Å². The Morgan fingerprint density at radius 3 is 2.54 bits per heavy atom. The minimum absolute atomic E-state index is 0.188. The molecule has 26 heavy (non-hydrogen) atoms. The van der Waals surface area contributed by atoms with Gasteiger partial charge < -0.3 is 19.5 Å². The molecule has 0 unspecified atom stereocenters. The molecule has 2 aromatic rings. The van der Waals surface area contributed by atoms with Gasteiger partial charge in [0.25, 0.3) is 5.91 Å². The highest BCUT2D eigenvalue weighted by Gasteiger charge is 2.24. The molecule has 1 fully saturated rings. The minimum Gasteiger partial charge on any atom is -0.497 e. The van der Waals surface area contributed by atoms with Gasteiger partial charge in [0.1, 0.15) is 5.75 Å². The third-order valence-electron chi connectivity index (χ3n) is 3.64. The molecule has 6 nitrogen and oxygen atoms in total. The van der Waals surface area contributed by atoms with Gasteiger partial charge >= 0.3 is 0 Å². The SMILES string of the molecule is COc1cccc(N=C2NC(=O)C(=Cc3ccc(OC)c(OC)c3)S2)c1. The maximum atomic E-state index is 12.2. The van der Waals surface area contributed by atoms with E-state index in [1.165, 1.54) is 11.8 Å². The molecule has 7 heteroatoms. The van der Waals surface area contributed by atoms with Crippen LogP contribution in [0.3, 0.4) is 0 Å². The molecule has 2 aromatic carbocycles. The van der Waals surface area contributed by atoms with Crippen molar-refractivity contribution in [3.63, 3.8) is 0 Å². The minimum atomic E-state index is -0.188. The number of hydrogen-bond acceptors (Lipinski definition) is 6. The average Bonchev–Trinajstić information content (AvgIpc) is 3.00. The molecule has 0 saturated carbocycles. The predicted molar refractivity (Wildman–Crippen MR) is 103 cm³/mol. The third kappa shape index (κ3) is 4.00. The van der Waals surface area contributed by atoms with Crippen LogP contribution in [0.1, 0.15) is 5.56 Å². The van der Waals surface area contributed by atoms with E-state index in [9.17, 15) is 4.79 Å². The van der Waals surface area contributed by atoms with Crippen molar-refractivity contribution in [1.29, 1.82) is 0 Å². The summed E-state index contributed by atoms with van der Waals surface area (Å²) in [6.07, 6.45) is 1.79. The Morgan fingerprint density at radius 1 is 1.00 bits per heavy atom. The quantitative estimate of drug-likeness (QED) is 0.815. The van der Waals surface area contributed by atoms with E-state index in [0.29, 0.717) is 33.0 Å². The van der Waals surface area contributed by atoms with Crippen LogP contribution in [0.25, 0.3) is 6.08 Å². The van der Waals surface area contributed by atoms with Crippen LogP contribution in [-0.4, -0.2) is 32.4 Å². The van der Waals surface area contributed by atoms with Crippen LogP contribution in [0.15, 0.2) is 52.4 Å². The van der Waals surface area contributed by atoms with Gasteiger partial charge in [0, 0.05) is 6.07 Å². The summed E-state index contributed by atoms with van der Waals surface area (Å²) in [5, 5.41) is 3.29. The highest BCUT2D eigenvalue weighted by molar-refractivity contribution is 8.18. The topological polar surface area (TPSA) is 69.2 Å². The highest BCUT2D eigenvalue weighted by Crippen LogP contribution is 2.32. The number of hydrogen-bond donors (Lipinski definition) is 1. The van der Waals surface area contributed by atoms with Crippen LogP contribution in [0.2, 0.25) is 0 Å². The van der Waals surface area contributed by atoms with E-state index in [1.807, 2.05) is 30.3 Å². The van der Waals surface area contributed by atoms with Crippen molar-refractivity contribution in [2.24, 2.45) is 4.99 Å². The molecule has 0 radical (unpaired) electrons. The van der Waals surface area contributed by atoms with Crippen molar-refractivity contribution in [3.05, 3.63) is 52.9 Å². The van der Waals surface area contributed by atoms with Gasteiger partial charge in [0.15, 0.2) is 16.7 Å². The lowest BCUT2D eigenvalue weighted by atomic mass is 10.2. The number of nitrogens with one attached hydrogen (secondary N) is 1. The van der Waals surface area contributed by atoms with Crippen LogP contribution in [0.5, 0.6) is 17.2 Å². The molecule has 1 N–H and O–H groups in total. The van der Waals surface area contributed by atoms with Gasteiger partial charge in [-0.05, 0) is 47.7 Å². The van der Waals surface area contributed by atoms with Gasteiger partial charge in [-0.15, -0.1) is 0 Å². The molecule has 0 atom stereocenters. The summed E-state index contributed by atoms with van der Waals surface area (Å²) < 4.78 is 15.7. The molecule has 1 aliphatic rings. The predicted octanol–water partition coefficient (Wildman–Crippen LogP) is 3.60. The molecule has 3 rings (SSSR count). The van der Waals surface area contributed by atoms with E-state index in [-0.39, 0.29) is 5.91 Å². The third-order valence-corrected chi connectivity index (χ3v) is 4.55. The van der Waals surface area contributed by atoms with Crippen molar-refractivity contribution >= 4 is 34.6 Å². The van der Waals surface area contributed by atoms with E-state index < -0.39 is 0 Å². The van der Waals surface area contributed by atoms with Gasteiger partial charge in [-0.25, -0.2) is 4.99 Å². The first-order chi connectivity index (χ1) is 12.6. The van der Waals surface area contributed by atoms with Gasteiger partial charge in [-0.1, -0.05) is 12.1 Å². The molecule has 0 spiro atoms. The summed E-state index contributed by atoms with van der Waals surface area (Å²) in [5.74, 6) is 1.77. The molecular formula is C19H18N2O4S. The van der Waals surface area contributed by atoms with Crippen LogP contribution < -0.4 is 19.5 Å². The smallest absolute Gasteiger partial charge is 0.264 e. The maximum Gasteiger partial charge on any atom is 0.264 e. The van der Waals surface area contributed by atoms with Crippen molar-refractivity contribution in [3.8, 4) is 17.2 Å². The van der Waals surface area contributed by atoms with Gasteiger partial charge in [0.05, 0.1) is 31.9 Å². The van der Waals surface area contributed by atoms with E-state index in [2.05, 4.69) is 10.3 Å². The van der Waals surface area contributed by atoms with E-state index >= 15 is 0 Å². The Hall–Kier alpha value is -2.93. The van der Waals surface area contributed by atoms with E-state index in [1.54, 1.807) is 39.5 Å². The highest BCUT2D eigenvalue weighted by atomic mass is 32.2. The Morgan fingerprint density at radius 2 is 1.81 bits per heavy atom. The summed E-state index contributed by atoms with van der Waals surface area (Å²) in [7, 11) is 4.75. The first-order valence-electron chi connectivity index (χ1n) is 7.78. The number of aliphatic imine (C=N–C) groups is 1. The van der Waals surface area contributed by atoms with Gasteiger partial charge in [-0.2, -0.15) is 0 Å². The zero-order valence-electron chi connectivity index (χ0n) is 14.6. The van der Waals surface area contributed by atoms with Crippen molar-refractivity contribution in [2.75, 3.05) is 21.3 Å². The second-order valence-corrected chi connectivity index (χ2v) is 6.33. The molecule has 0 aliphatic carbocycles. The molecule has 0 aromatic heterocycles. The van der Waals surface area contributed by atoms with Crippen molar-refractivity contribution in [1.82, 2.24) is 5.32 Å². The monoisotopic (exact) mass is 370 g/mol. The van der Waals surface area contributed by atoms with Crippen molar-refractivity contribution < 1.29 is 19.0 Å². The second-order valence-electron chi connectivity index (χ2n) is 5.30. The number of rotatable bonds is 5. The summed E-state index contributed by atoms with van der Waals surface area (Å²) in [6.45, 7) is 0. The van der Waals surface area contributed by atoms with Crippen LogP contribution in [-0.2, 0) is 4.79 Å². The average molecular weight is 370 g/mol. The lowest BCUT2D eigenvalue weighted by Crippen LogP contribution is -2.19. The number of benzene rings is 2. The fourth-order valence-corrected chi connectivity index (χ4v) is 3.21. The Bertz CT molecular complexity index is 893. The summed E-state index contributed by atoms with van der Waals surface area (Å²) in [4.78, 5) is 17.2. The number of thioether (sulfide) groups is 1. The molecule has 1 aliphatic heterocycles. The van der Waals surface area contributed by atoms with E-state index in [4.69, 9.17) is 14.2 Å². The lowest BCUT2D eigenvalue weighted by molar-refractivity contribution is -0.115. The van der Waals surface area contributed by atoms with Crippen LogP contribution in [0.4, 0.5) is 5.69 Å². The van der Waals surface area contributed by atoms with E-state index in [0.717, 1.165) is 5.56 Å². The number of ether oxygens (including phenoxy) is 3. The summed E-state index contributed by atoms with van der Waals surface area (Å²) in [6, 6.07) is 12.8. The summed E-state index contributed by atoms with van der Waals surface area (Å²) in [5.41, 5.74) is 1.54. The fraction of sp³-hybridized carbons (Fsp3) is 0.158.